The molecule has 2 heterocycles. The Labute approximate surface area is 148 Å². The third-order valence-electron chi connectivity index (χ3n) is 3.68. The molecule has 0 aliphatic carbocycles. The Morgan fingerprint density at radius 2 is 1.80 bits per heavy atom. The summed E-state index contributed by atoms with van der Waals surface area (Å²) in [7, 11) is -4.03. The molecule has 10 heteroatoms. The molecule has 0 saturated carbocycles. The largest absolute Gasteiger partial charge is 0.459 e. The van der Waals surface area contributed by atoms with Crippen LogP contribution in [0.25, 0.3) is 0 Å². The Hall–Kier alpha value is -1.84. The molecule has 25 heavy (non-hydrogen) atoms. The van der Waals surface area contributed by atoms with Gasteiger partial charge in [-0.2, -0.15) is 4.31 Å². The van der Waals surface area contributed by atoms with Crippen molar-refractivity contribution < 1.29 is 21.9 Å². The van der Waals surface area contributed by atoms with Crippen LogP contribution < -0.4 is 4.74 Å². The lowest BCUT2D eigenvalue weighted by Gasteiger charge is -2.31. The average Bonchev–Trinajstić information content (AvgIpc) is 2.56. The standard InChI is InChI=1S/C15H14ClF2N3O3S/c16-10-7-19-15(20-8-10)24-13-2-1-3-21(9-13)25(22,23)14-5-11(17)4-12(18)6-14/h4-8,13H,1-3,9H2/t13-/m1/s1. The minimum Gasteiger partial charge on any atom is -0.459 e. The first-order valence-corrected chi connectivity index (χ1v) is 9.27. The lowest BCUT2D eigenvalue weighted by Crippen LogP contribution is -2.44. The number of benzene rings is 1. The fourth-order valence-corrected chi connectivity index (χ4v) is 4.21. The zero-order valence-electron chi connectivity index (χ0n) is 12.9. The topological polar surface area (TPSA) is 72.4 Å². The molecular formula is C15H14ClF2N3O3S. The molecule has 2 aromatic rings. The van der Waals surface area contributed by atoms with Gasteiger partial charge in [-0.1, -0.05) is 11.6 Å². The summed E-state index contributed by atoms with van der Waals surface area (Å²) in [4.78, 5) is 7.39. The average molecular weight is 390 g/mol. The summed E-state index contributed by atoms with van der Waals surface area (Å²) < 4.78 is 58.7. The number of piperidine rings is 1. The number of nitrogens with zero attached hydrogens (tertiary/aromatic N) is 3. The maximum Gasteiger partial charge on any atom is 0.316 e. The molecular weight excluding hydrogens is 376 g/mol. The quantitative estimate of drug-likeness (QED) is 0.803. The Bertz CT molecular complexity index is 845. The fraction of sp³-hybridized carbons (Fsp3) is 0.333. The summed E-state index contributed by atoms with van der Waals surface area (Å²) in [5.41, 5.74) is 0. The van der Waals surface area contributed by atoms with E-state index in [-0.39, 0.29) is 19.1 Å². The predicted molar refractivity (Wildman–Crippen MR) is 85.8 cm³/mol. The van der Waals surface area contributed by atoms with Crippen molar-refractivity contribution in [2.75, 3.05) is 13.1 Å². The van der Waals surface area contributed by atoms with Crippen molar-refractivity contribution in [1.29, 1.82) is 0 Å². The smallest absolute Gasteiger partial charge is 0.316 e. The maximum absolute atomic E-state index is 13.3. The van der Waals surface area contributed by atoms with Gasteiger partial charge in [-0.05, 0) is 25.0 Å². The second-order valence-electron chi connectivity index (χ2n) is 5.53. The van der Waals surface area contributed by atoms with Gasteiger partial charge in [0.2, 0.25) is 10.0 Å². The second-order valence-corrected chi connectivity index (χ2v) is 7.91. The third kappa shape index (κ3) is 4.23. The molecule has 6 nitrogen and oxygen atoms in total. The Morgan fingerprint density at radius 1 is 1.16 bits per heavy atom. The Morgan fingerprint density at radius 3 is 2.44 bits per heavy atom. The highest BCUT2D eigenvalue weighted by Gasteiger charge is 2.32. The molecule has 1 aromatic heterocycles. The van der Waals surface area contributed by atoms with E-state index in [4.69, 9.17) is 16.3 Å². The van der Waals surface area contributed by atoms with Crippen LogP contribution in [0, 0.1) is 11.6 Å². The lowest BCUT2D eigenvalue weighted by molar-refractivity contribution is 0.119. The van der Waals surface area contributed by atoms with Crippen LogP contribution >= 0.6 is 11.6 Å². The van der Waals surface area contributed by atoms with Crippen LogP contribution in [-0.2, 0) is 10.0 Å². The number of rotatable bonds is 4. The highest BCUT2D eigenvalue weighted by atomic mass is 35.5. The molecule has 1 aliphatic heterocycles. The minimum atomic E-state index is -4.03. The van der Waals surface area contributed by atoms with Crippen LogP contribution in [0.3, 0.4) is 0 Å². The van der Waals surface area contributed by atoms with Gasteiger partial charge in [-0.25, -0.2) is 27.2 Å². The lowest BCUT2D eigenvalue weighted by atomic mass is 10.1. The summed E-state index contributed by atoms with van der Waals surface area (Å²) in [6, 6.07) is 2.31. The molecule has 134 valence electrons. The summed E-state index contributed by atoms with van der Waals surface area (Å²) >= 11 is 5.70. The van der Waals surface area contributed by atoms with Gasteiger partial charge >= 0.3 is 6.01 Å². The van der Waals surface area contributed by atoms with Crippen molar-refractivity contribution in [3.63, 3.8) is 0 Å². The fourth-order valence-electron chi connectivity index (χ4n) is 2.56. The molecule has 1 saturated heterocycles. The molecule has 1 fully saturated rings. The van der Waals surface area contributed by atoms with Crippen LogP contribution in [0.2, 0.25) is 5.02 Å². The third-order valence-corrected chi connectivity index (χ3v) is 5.72. The van der Waals surface area contributed by atoms with Gasteiger partial charge in [0.05, 0.1) is 28.9 Å². The highest BCUT2D eigenvalue weighted by molar-refractivity contribution is 7.89. The molecule has 0 spiro atoms. The van der Waals surface area contributed by atoms with Crippen molar-refractivity contribution in [1.82, 2.24) is 14.3 Å². The van der Waals surface area contributed by atoms with Crippen LogP contribution in [-0.4, -0.2) is 41.9 Å². The van der Waals surface area contributed by atoms with E-state index in [1.165, 1.54) is 12.4 Å². The normalized spacial score (nSPS) is 18.9. The molecule has 1 aromatic carbocycles. The van der Waals surface area contributed by atoms with E-state index in [2.05, 4.69) is 9.97 Å². The number of aromatic nitrogens is 2. The molecule has 0 radical (unpaired) electrons. The zero-order valence-corrected chi connectivity index (χ0v) is 14.5. The summed E-state index contributed by atoms with van der Waals surface area (Å²) in [5.74, 6) is -1.89. The number of sulfonamides is 1. The first-order chi connectivity index (χ1) is 11.8. The van der Waals surface area contributed by atoms with Gasteiger partial charge in [0.15, 0.2) is 0 Å². The van der Waals surface area contributed by atoms with E-state index in [1.807, 2.05) is 0 Å². The first-order valence-electron chi connectivity index (χ1n) is 7.45. The van der Waals surface area contributed by atoms with Gasteiger partial charge in [0.25, 0.3) is 0 Å². The Kier molecular flexibility index (Phi) is 5.16. The zero-order chi connectivity index (χ0) is 18.0. The van der Waals surface area contributed by atoms with Crippen molar-refractivity contribution >= 4 is 21.6 Å². The molecule has 1 atom stereocenters. The Balaban J connectivity index is 1.76. The van der Waals surface area contributed by atoms with E-state index < -0.39 is 32.7 Å². The molecule has 0 amide bonds. The maximum atomic E-state index is 13.3. The van der Waals surface area contributed by atoms with Crippen molar-refractivity contribution in [3.05, 3.63) is 47.2 Å². The van der Waals surface area contributed by atoms with Gasteiger partial charge in [0.1, 0.15) is 17.7 Å². The number of ether oxygens (including phenoxy) is 1. The molecule has 0 bridgehead atoms. The predicted octanol–water partition coefficient (Wildman–Crippen LogP) is 2.64. The highest BCUT2D eigenvalue weighted by Crippen LogP contribution is 2.24. The van der Waals surface area contributed by atoms with Crippen LogP contribution in [0.1, 0.15) is 12.8 Å². The van der Waals surface area contributed by atoms with Crippen molar-refractivity contribution in [2.45, 2.75) is 23.8 Å². The van der Waals surface area contributed by atoms with E-state index in [9.17, 15) is 17.2 Å². The summed E-state index contributed by atoms with van der Waals surface area (Å²) in [6.45, 7) is 0.272. The van der Waals surface area contributed by atoms with Crippen LogP contribution in [0.5, 0.6) is 6.01 Å². The van der Waals surface area contributed by atoms with Crippen molar-refractivity contribution in [2.24, 2.45) is 0 Å². The molecule has 0 unspecified atom stereocenters. The number of hydrogen-bond acceptors (Lipinski definition) is 5. The van der Waals surface area contributed by atoms with Gasteiger partial charge < -0.3 is 4.74 Å². The number of halogens is 3. The van der Waals surface area contributed by atoms with Crippen LogP contribution in [0.4, 0.5) is 8.78 Å². The van der Waals surface area contributed by atoms with E-state index in [1.54, 1.807) is 0 Å². The second kappa shape index (κ2) is 7.19. The van der Waals surface area contributed by atoms with E-state index >= 15 is 0 Å². The first kappa shape index (κ1) is 18.0. The number of hydrogen-bond donors (Lipinski definition) is 0. The monoisotopic (exact) mass is 389 g/mol. The molecule has 1 aliphatic rings. The summed E-state index contributed by atoms with van der Waals surface area (Å²) in [6.07, 6.45) is 3.42. The SMILES string of the molecule is O=S(=O)(c1cc(F)cc(F)c1)N1CCC[C@@H](Oc2ncc(Cl)cn2)C1. The van der Waals surface area contributed by atoms with Gasteiger partial charge in [-0.15, -0.1) is 0 Å². The van der Waals surface area contributed by atoms with E-state index in [0.717, 1.165) is 16.4 Å². The van der Waals surface area contributed by atoms with Crippen LogP contribution in [0.15, 0.2) is 35.5 Å². The molecule has 0 N–H and O–H groups in total. The van der Waals surface area contributed by atoms with Gasteiger partial charge in [0, 0.05) is 12.6 Å². The van der Waals surface area contributed by atoms with Crippen molar-refractivity contribution in [3.8, 4) is 6.01 Å². The summed E-state index contributed by atoms with van der Waals surface area (Å²) in [5, 5.41) is 0.355. The molecule has 3 rings (SSSR count). The minimum absolute atomic E-state index is 0.0342. The van der Waals surface area contributed by atoms with Gasteiger partial charge in [-0.3, -0.25) is 0 Å². The van der Waals surface area contributed by atoms with E-state index in [0.29, 0.717) is 23.9 Å².